The van der Waals surface area contributed by atoms with Crippen molar-refractivity contribution < 1.29 is 49.0 Å². The van der Waals surface area contributed by atoms with Gasteiger partial charge in [0.2, 0.25) is 0 Å². The molecule has 0 aromatic heterocycles. The van der Waals surface area contributed by atoms with Crippen molar-refractivity contribution in [2.24, 2.45) is 0 Å². The lowest BCUT2D eigenvalue weighted by Gasteiger charge is -2.39. The topological polar surface area (TPSA) is 152 Å². The highest BCUT2D eigenvalue weighted by Crippen LogP contribution is 2.22. The summed E-state index contributed by atoms with van der Waals surface area (Å²) in [7, 11) is 0. The first-order valence-corrected chi connectivity index (χ1v) is 21.1. The zero-order valence-electron chi connectivity index (χ0n) is 33.3. The molecule has 53 heavy (non-hydrogen) atoms. The molecule has 10 heteroatoms. The summed E-state index contributed by atoms with van der Waals surface area (Å²) in [5.41, 5.74) is 0. The Hall–Kier alpha value is -2.08. The zero-order valence-corrected chi connectivity index (χ0v) is 33.3. The molecule has 0 spiro atoms. The molecule has 0 amide bonds. The predicted octanol–water partition coefficient (Wildman–Crippen LogP) is 8.33. The van der Waals surface area contributed by atoms with E-state index in [1.54, 1.807) is 0 Å². The molecule has 1 rings (SSSR count). The van der Waals surface area contributed by atoms with Gasteiger partial charge >= 0.3 is 11.9 Å². The molecule has 0 aromatic carbocycles. The molecule has 0 aromatic rings. The Morgan fingerprint density at radius 1 is 0.585 bits per heavy atom. The zero-order chi connectivity index (χ0) is 38.8. The van der Waals surface area contributed by atoms with Crippen LogP contribution in [-0.4, -0.2) is 89.0 Å². The largest absolute Gasteiger partial charge is 0.462 e. The number of ether oxygens (including phenoxy) is 4. The summed E-state index contributed by atoms with van der Waals surface area (Å²) in [6.45, 7) is 3.33. The van der Waals surface area contributed by atoms with Crippen LogP contribution in [0.4, 0.5) is 0 Å². The molecule has 5 unspecified atom stereocenters. The van der Waals surface area contributed by atoms with E-state index in [0.29, 0.717) is 12.8 Å². The Bertz CT molecular complexity index is 965. The molecule has 1 fully saturated rings. The average Bonchev–Trinajstić information content (AvgIpc) is 3.15. The standard InChI is InChI=1S/C43H76O10/c1-3-5-7-9-11-13-15-17-18-20-21-23-25-27-29-31-38(45)50-34-36(35-51-43-42(49)41(48)40(47)37(33-44)53-43)52-39(46)32-30-28-26-24-22-19-16-14-12-10-8-6-4-2/h11,13,17-18,26,28,36-37,40-44,47-49H,3-10,12,14-16,19-25,27,29-35H2,1-2H3/b13-11-,18-17-,28-26-/t36-,37?,40?,41?,42?,43?/m1/s1. The fraction of sp³-hybridized carbons (Fsp3) is 0.814. The van der Waals surface area contributed by atoms with Crippen LogP contribution in [0, 0.1) is 0 Å². The number of hydrogen-bond acceptors (Lipinski definition) is 10. The fourth-order valence-electron chi connectivity index (χ4n) is 6.12. The first-order valence-electron chi connectivity index (χ1n) is 21.1. The van der Waals surface area contributed by atoms with Crippen LogP contribution in [-0.2, 0) is 28.5 Å². The van der Waals surface area contributed by atoms with Crippen LogP contribution >= 0.6 is 0 Å². The van der Waals surface area contributed by atoms with Gasteiger partial charge in [0.15, 0.2) is 12.4 Å². The van der Waals surface area contributed by atoms with Crippen LogP contribution in [0.3, 0.4) is 0 Å². The lowest BCUT2D eigenvalue weighted by molar-refractivity contribution is -0.305. The van der Waals surface area contributed by atoms with Crippen molar-refractivity contribution in [3.05, 3.63) is 36.5 Å². The van der Waals surface area contributed by atoms with Crippen molar-refractivity contribution in [3.63, 3.8) is 0 Å². The number of aliphatic hydroxyl groups excluding tert-OH is 4. The summed E-state index contributed by atoms with van der Waals surface area (Å²) in [4.78, 5) is 25.2. The van der Waals surface area contributed by atoms with E-state index in [0.717, 1.165) is 51.4 Å². The highest BCUT2D eigenvalue weighted by molar-refractivity contribution is 5.70. The molecule has 1 saturated heterocycles. The minimum Gasteiger partial charge on any atom is -0.462 e. The number of esters is 2. The van der Waals surface area contributed by atoms with Crippen LogP contribution in [0.2, 0.25) is 0 Å². The molecule has 1 aliphatic heterocycles. The molecule has 4 N–H and O–H groups in total. The highest BCUT2D eigenvalue weighted by atomic mass is 16.7. The van der Waals surface area contributed by atoms with E-state index in [1.807, 2.05) is 6.08 Å². The van der Waals surface area contributed by atoms with E-state index in [9.17, 15) is 30.0 Å². The Labute approximate surface area is 321 Å². The smallest absolute Gasteiger partial charge is 0.306 e. The number of allylic oxidation sites excluding steroid dienone is 6. The summed E-state index contributed by atoms with van der Waals surface area (Å²) >= 11 is 0. The monoisotopic (exact) mass is 753 g/mol. The third-order valence-electron chi connectivity index (χ3n) is 9.51. The number of carbonyl (C=O) groups is 2. The normalized spacial score (nSPS) is 21.2. The van der Waals surface area contributed by atoms with Crippen LogP contribution in [0.5, 0.6) is 0 Å². The molecule has 0 bridgehead atoms. The van der Waals surface area contributed by atoms with E-state index in [4.69, 9.17) is 18.9 Å². The lowest BCUT2D eigenvalue weighted by atomic mass is 9.99. The van der Waals surface area contributed by atoms with Gasteiger partial charge in [-0.05, 0) is 57.8 Å². The summed E-state index contributed by atoms with van der Waals surface area (Å²) in [6, 6.07) is 0. The van der Waals surface area contributed by atoms with Crippen molar-refractivity contribution in [3.8, 4) is 0 Å². The van der Waals surface area contributed by atoms with Crippen LogP contribution in [0.15, 0.2) is 36.5 Å². The van der Waals surface area contributed by atoms with Crippen molar-refractivity contribution in [1.29, 1.82) is 0 Å². The maximum Gasteiger partial charge on any atom is 0.306 e. The van der Waals surface area contributed by atoms with Crippen molar-refractivity contribution >= 4 is 11.9 Å². The Morgan fingerprint density at radius 3 is 1.70 bits per heavy atom. The Morgan fingerprint density at radius 2 is 1.09 bits per heavy atom. The fourth-order valence-corrected chi connectivity index (χ4v) is 6.12. The van der Waals surface area contributed by atoms with Gasteiger partial charge in [0, 0.05) is 12.8 Å². The van der Waals surface area contributed by atoms with Gasteiger partial charge in [-0.1, -0.05) is 134 Å². The SMILES string of the molecule is CCCCC/C=C\C/C=C\CCCCCCCC(=O)OC[C@H](COC1OC(CO)C(O)C(O)C1O)OC(=O)CC/C=C\CCCCCCCCCCC. The van der Waals surface area contributed by atoms with Gasteiger partial charge in [-0.2, -0.15) is 0 Å². The first-order chi connectivity index (χ1) is 25.8. The van der Waals surface area contributed by atoms with Crippen molar-refractivity contribution in [2.75, 3.05) is 19.8 Å². The minimum atomic E-state index is -1.60. The highest BCUT2D eigenvalue weighted by Gasteiger charge is 2.44. The molecule has 308 valence electrons. The maximum atomic E-state index is 12.7. The van der Waals surface area contributed by atoms with Crippen LogP contribution < -0.4 is 0 Å². The third kappa shape index (κ3) is 26.4. The second kappa shape index (κ2) is 34.4. The molecule has 6 atom stereocenters. The summed E-state index contributed by atoms with van der Waals surface area (Å²) in [5, 5.41) is 40.0. The molecular weight excluding hydrogens is 676 g/mol. The molecule has 0 saturated carbocycles. The minimum absolute atomic E-state index is 0.144. The number of carbonyl (C=O) groups excluding carboxylic acids is 2. The summed E-state index contributed by atoms with van der Waals surface area (Å²) in [6.07, 6.45) is 30.2. The van der Waals surface area contributed by atoms with Crippen LogP contribution in [0.1, 0.15) is 168 Å². The van der Waals surface area contributed by atoms with Crippen LogP contribution in [0.25, 0.3) is 0 Å². The van der Waals surface area contributed by atoms with E-state index >= 15 is 0 Å². The molecule has 0 radical (unpaired) electrons. The van der Waals surface area contributed by atoms with Gasteiger partial charge in [0.1, 0.15) is 31.0 Å². The maximum absolute atomic E-state index is 12.7. The van der Waals surface area contributed by atoms with Gasteiger partial charge in [0.05, 0.1) is 13.2 Å². The summed E-state index contributed by atoms with van der Waals surface area (Å²) in [5.74, 6) is -0.881. The van der Waals surface area contributed by atoms with E-state index in [2.05, 4.69) is 44.2 Å². The van der Waals surface area contributed by atoms with Gasteiger partial charge in [-0.15, -0.1) is 0 Å². The van der Waals surface area contributed by atoms with Crippen molar-refractivity contribution in [2.45, 2.75) is 205 Å². The molecule has 1 aliphatic rings. The Balaban J connectivity index is 2.39. The average molecular weight is 753 g/mol. The first kappa shape index (κ1) is 48.9. The number of rotatable bonds is 34. The van der Waals surface area contributed by atoms with E-state index in [-0.39, 0.29) is 26.1 Å². The number of aliphatic hydroxyl groups is 4. The van der Waals surface area contributed by atoms with Gasteiger partial charge < -0.3 is 39.4 Å². The van der Waals surface area contributed by atoms with Gasteiger partial charge in [-0.25, -0.2) is 0 Å². The van der Waals surface area contributed by atoms with Gasteiger partial charge in [-0.3, -0.25) is 9.59 Å². The molecular formula is C43H76O10. The van der Waals surface area contributed by atoms with Crippen molar-refractivity contribution in [1.82, 2.24) is 0 Å². The Kier molecular flexibility index (Phi) is 31.8. The molecule has 0 aliphatic carbocycles. The second-order valence-electron chi connectivity index (χ2n) is 14.4. The number of unbranched alkanes of at least 4 members (excludes halogenated alkanes) is 17. The molecule has 1 heterocycles. The van der Waals surface area contributed by atoms with E-state index in [1.165, 1.54) is 77.0 Å². The second-order valence-corrected chi connectivity index (χ2v) is 14.4. The van der Waals surface area contributed by atoms with Gasteiger partial charge in [0.25, 0.3) is 0 Å². The molecule has 10 nitrogen and oxygen atoms in total. The number of hydrogen-bond donors (Lipinski definition) is 4. The quantitative estimate of drug-likeness (QED) is 0.0287. The van der Waals surface area contributed by atoms with E-state index < -0.39 is 55.4 Å². The lowest BCUT2D eigenvalue weighted by Crippen LogP contribution is -2.59. The summed E-state index contributed by atoms with van der Waals surface area (Å²) < 4.78 is 22.0. The predicted molar refractivity (Wildman–Crippen MR) is 210 cm³/mol. The third-order valence-corrected chi connectivity index (χ3v) is 9.51.